The van der Waals surface area contributed by atoms with Gasteiger partial charge in [-0.05, 0) is 32.1 Å². The quantitative estimate of drug-likeness (QED) is 0.562. The Kier molecular flexibility index (Phi) is 5.93. The second-order valence-corrected chi connectivity index (χ2v) is 4.20. The smallest absolute Gasteiger partial charge is 0.317 e. The van der Waals surface area contributed by atoms with Gasteiger partial charge in [0.15, 0.2) is 0 Å². The highest BCUT2D eigenvalue weighted by molar-refractivity contribution is 5.74. The number of urea groups is 1. The molecule has 2 amide bonds. The molecule has 1 rings (SSSR count). The van der Waals surface area contributed by atoms with Crippen molar-refractivity contribution in [1.82, 2.24) is 10.2 Å². The van der Waals surface area contributed by atoms with Crippen molar-refractivity contribution in [1.29, 1.82) is 0 Å². The molecular formula is C12H22N2O2. The highest BCUT2D eigenvalue weighted by Gasteiger charge is 2.21. The van der Waals surface area contributed by atoms with E-state index in [1.165, 1.54) is 0 Å². The third-order valence-electron chi connectivity index (χ3n) is 2.98. The molecule has 92 valence electrons. The summed E-state index contributed by atoms with van der Waals surface area (Å²) in [5, 5.41) is 11.9. The molecule has 16 heavy (non-hydrogen) atoms. The Bertz CT molecular complexity index is 233. The second kappa shape index (κ2) is 7.28. The first-order valence-electron chi connectivity index (χ1n) is 6.02. The van der Waals surface area contributed by atoms with Crippen LogP contribution in [0.5, 0.6) is 0 Å². The molecule has 0 atom stereocenters. The summed E-state index contributed by atoms with van der Waals surface area (Å²) in [6.45, 7) is 4.45. The number of hydrogen-bond acceptors (Lipinski definition) is 2. The fraction of sp³-hybridized carbons (Fsp3) is 0.750. The lowest BCUT2D eigenvalue weighted by Gasteiger charge is -2.31. The minimum Gasteiger partial charge on any atom is -0.396 e. The number of allylic oxidation sites excluding steroid dienone is 1. The van der Waals surface area contributed by atoms with Crippen LogP contribution in [-0.2, 0) is 0 Å². The van der Waals surface area contributed by atoms with Crippen molar-refractivity contribution in [3.05, 3.63) is 12.2 Å². The van der Waals surface area contributed by atoms with Gasteiger partial charge in [0, 0.05) is 26.2 Å². The second-order valence-electron chi connectivity index (χ2n) is 4.20. The summed E-state index contributed by atoms with van der Waals surface area (Å²) < 4.78 is 0. The minimum absolute atomic E-state index is 0.0286. The molecule has 0 saturated carbocycles. The Hall–Kier alpha value is -1.03. The van der Waals surface area contributed by atoms with Crippen LogP contribution in [0.2, 0.25) is 0 Å². The van der Waals surface area contributed by atoms with Crippen LogP contribution in [-0.4, -0.2) is 42.3 Å². The lowest BCUT2D eigenvalue weighted by Crippen LogP contribution is -2.45. The van der Waals surface area contributed by atoms with Gasteiger partial charge in [0.2, 0.25) is 0 Å². The molecule has 0 aromatic heterocycles. The van der Waals surface area contributed by atoms with Gasteiger partial charge in [-0.25, -0.2) is 4.79 Å². The number of rotatable bonds is 4. The molecule has 0 aromatic rings. The first kappa shape index (κ1) is 13.0. The molecule has 0 radical (unpaired) electrons. The van der Waals surface area contributed by atoms with Gasteiger partial charge in [-0.1, -0.05) is 12.2 Å². The molecule has 1 fully saturated rings. The number of nitrogens with zero attached hydrogens (tertiary/aromatic N) is 1. The fourth-order valence-electron chi connectivity index (χ4n) is 1.86. The van der Waals surface area contributed by atoms with Crippen molar-refractivity contribution in [2.24, 2.45) is 5.92 Å². The van der Waals surface area contributed by atoms with E-state index in [9.17, 15) is 4.79 Å². The van der Waals surface area contributed by atoms with E-state index >= 15 is 0 Å². The van der Waals surface area contributed by atoms with Gasteiger partial charge in [0.25, 0.3) is 0 Å². The van der Waals surface area contributed by atoms with Gasteiger partial charge in [-0.15, -0.1) is 0 Å². The first-order chi connectivity index (χ1) is 7.77. The Labute approximate surface area is 97.3 Å². The van der Waals surface area contributed by atoms with Crippen LogP contribution in [0.3, 0.4) is 0 Å². The molecule has 1 aliphatic rings. The number of hydrogen-bond donors (Lipinski definition) is 2. The molecular weight excluding hydrogens is 204 g/mol. The van der Waals surface area contributed by atoms with Crippen LogP contribution in [0.15, 0.2) is 12.2 Å². The Morgan fingerprint density at radius 1 is 1.50 bits per heavy atom. The lowest BCUT2D eigenvalue weighted by atomic mass is 9.98. The predicted molar refractivity (Wildman–Crippen MR) is 64.2 cm³/mol. The Morgan fingerprint density at radius 3 is 2.75 bits per heavy atom. The number of carbonyl (C=O) groups is 1. The minimum atomic E-state index is 0.0286. The highest BCUT2D eigenvalue weighted by atomic mass is 16.3. The van der Waals surface area contributed by atoms with Gasteiger partial charge in [-0.2, -0.15) is 0 Å². The summed E-state index contributed by atoms with van der Waals surface area (Å²) in [4.78, 5) is 13.5. The molecule has 1 heterocycles. The maximum Gasteiger partial charge on any atom is 0.317 e. The molecule has 0 bridgehead atoms. The van der Waals surface area contributed by atoms with Crippen molar-refractivity contribution < 1.29 is 9.90 Å². The summed E-state index contributed by atoms with van der Waals surface area (Å²) >= 11 is 0. The van der Waals surface area contributed by atoms with E-state index < -0.39 is 0 Å². The van der Waals surface area contributed by atoms with Crippen LogP contribution in [0.1, 0.15) is 26.2 Å². The average Bonchev–Trinajstić information content (AvgIpc) is 2.34. The summed E-state index contributed by atoms with van der Waals surface area (Å²) in [5.41, 5.74) is 0. The molecule has 2 N–H and O–H groups in total. The van der Waals surface area contributed by atoms with E-state index in [1.807, 2.05) is 24.0 Å². The number of carbonyl (C=O) groups excluding carboxylic acids is 1. The number of nitrogens with one attached hydrogen (secondary N) is 1. The monoisotopic (exact) mass is 226 g/mol. The lowest BCUT2D eigenvalue weighted by molar-refractivity contribution is 0.137. The van der Waals surface area contributed by atoms with E-state index in [-0.39, 0.29) is 12.6 Å². The highest BCUT2D eigenvalue weighted by Crippen LogP contribution is 2.15. The van der Waals surface area contributed by atoms with Crippen molar-refractivity contribution in [2.75, 3.05) is 26.2 Å². The molecule has 1 aliphatic heterocycles. The summed E-state index contributed by atoms with van der Waals surface area (Å²) in [7, 11) is 0. The van der Waals surface area contributed by atoms with Crippen LogP contribution < -0.4 is 5.32 Å². The number of aliphatic hydroxyl groups excluding tert-OH is 1. The van der Waals surface area contributed by atoms with Gasteiger partial charge in [0.05, 0.1) is 0 Å². The van der Waals surface area contributed by atoms with Crippen molar-refractivity contribution >= 4 is 6.03 Å². The molecule has 1 saturated heterocycles. The maximum absolute atomic E-state index is 11.7. The van der Waals surface area contributed by atoms with Crippen LogP contribution in [0, 0.1) is 5.92 Å². The van der Waals surface area contributed by atoms with Crippen LogP contribution in [0.4, 0.5) is 4.79 Å². The summed E-state index contributed by atoms with van der Waals surface area (Å²) in [6, 6.07) is 0.0286. The van der Waals surface area contributed by atoms with E-state index in [1.54, 1.807) is 0 Å². The average molecular weight is 226 g/mol. The van der Waals surface area contributed by atoms with Crippen LogP contribution in [0.25, 0.3) is 0 Å². The summed E-state index contributed by atoms with van der Waals surface area (Å²) in [5.74, 6) is 0.382. The van der Waals surface area contributed by atoms with Crippen molar-refractivity contribution in [3.8, 4) is 0 Å². The fourth-order valence-corrected chi connectivity index (χ4v) is 1.86. The number of likely N-dealkylation sites (tertiary alicyclic amines) is 1. The predicted octanol–water partition coefficient (Wildman–Crippen LogP) is 1.37. The number of piperidine rings is 1. The molecule has 4 heteroatoms. The SMILES string of the molecule is CC=CCCNC(=O)N1CCC(CO)CC1. The van der Waals surface area contributed by atoms with Gasteiger partial charge in [-0.3, -0.25) is 0 Å². The van der Waals surface area contributed by atoms with Crippen molar-refractivity contribution in [3.63, 3.8) is 0 Å². The number of amides is 2. The van der Waals surface area contributed by atoms with E-state index in [4.69, 9.17) is 5.11 Å². The summed E-state index contributed by atoms with van der Waals surface area (Å²) in [6.07, 6.45) is 6.74. The zero-order chi connectivity index (χ0) is 11.8. The number of aliphatic hydroxyl groups is 1. The maximum atomic E-state index is 11.7. The zero-order valence-electron chi connectivity index (χ0n) is 9.98. The first-order valence-corrected chi connectivity index (χ1v) is 6.02. The van der Waals surface area contributed by atoms with Gasteiger partial charge in [0.1, 0.15) is 0 Å². The van der Waals surface area contributed by atoms with Crippen LogP contribution >= 0.6 is 0 Å². The Morgan fingerprint density at radius 2 is 2.19 bits per heavy atom. The molecule has 0 spiro atoms. The topological polar surface area (TPSA) is 52.6 Å². The third kappa shape index (κ3) is 4.23. The van der Waals surface area contributed by atoms with E-state index in [2.05, 4.69) is 5.32 Å². The van der Waals surface area contributed by atoms with Gasteiger partial charge < -0.3 is 15.3 Å². The standard InChI is InChI=1S/C12H22N2O2/c1-2-3-4-7-13-12(16)14-8-5-11(10-15)6-9-14/h2-3,11,15H,4-10H2,1H3,(H,13,16). The van der Waals surface area contributed by atoms with E-state index in [0.29, 0.717) is 12.5 Å². The van der Waals surface area contributed by atoms with Gasteiger partial charge >= 0.3 is 6.03 Å². The molecule has 0 aliphatic carbocycles. The molecule has 0 aromatic carbocycles. The third-order valence-corrected chi connectivity index (χ3v) is 2.98. The molecule has 0 unspecified atom stereocenters. The van der Waals surface area contributed by atoms with Crippen molar-refractivity contribution in [2.45, 2.75) is 26.2 Å². The largest absolute Gasteiger partial charge is 0.396 e. The van der Waals surface area contributed by atoms with E-state index in [0.717, 1.165) is 32.4 Å². The molecule has 4 nitrogen and oxygen atoms in total. The normalized spacial score (nSPS) is 18.0. The Balaban J connectivity index is 2.17. The zero-order valence-corrected chi connectivity index (χ0v) is 9.98.